The zero-order valence-electron chi connectivity index (χ0n) is 13.3. The topological polar surface area (TPSA) is 92.8 Å². The van der Waals surface area contributed by atoms with E-state index < -0.39 is 11.7 Å². The van der Waals surface area contributed by atoms with Gasteiger partial charge in [0, 0.05) is 18.9 Å². The maximum atomic E-state index is 12.1. The molecule has 5 heteroatoms. The molecule has 0 aliphatic heterocycles. The molecule has 1 unspecified atom stereocenters. The van der Waals surface area contributed by atoms with E-state index in [-0.39, 0.29) is 32.0 Å². The molecule has 5 nitrogen and oxygen atoms in total. The van der Waals surface area contributed by atoms with Gasteiger partial charge in [0.05, 0.1) is 0 Å². The summed E-state index contributed by atoms with van der Waals surface area (Å²) in [7, 11) is 0. The largest absolute Gasteiger partial charge is 0.462 e. The number of benzene rings is 2. The first-order chi connectivity index (χ1) is 11.5. The van der Waals surface area contributed by atoms with E-state index in [9.17, 15) is 9.90 Å². The fraction of sp³-hybridized carbons (Fsp3) is 0.316. The highest BCUT2D eigenvalue weighted by Crippen LogP contribution is 2.44. The third-order valence-electron chi connectivity index (χ3n) is 4.41. The summed E-state index contributed by atoms with van der Waals surface area (Å²) in [5.74, 6) is -0.937. The molecule has 0 saturated heterocycles. The molecule has 1 aliphatic carbocycles. The fourth-order valence-electron chi connectivity index (χ4n) is 3.17. The van der Waals surface area contributed by atoms with E-state index in [0.29, 0.717) is 0 Å². The van der Waals surface area contributed by atoms with Gasteiger partial charge < -0.3 is 14.9 Å². The third-order valence-corrected chi connectivity index (χ3v) is 4.41. The molecule has 0 amide bonds. The summed E-state index contributed by atoms with van der Waals surface area (Å²) in [4.78, 5) is 12.1. The molecule has 0 spiro atoms. The smallest absolute Gasteiger partial charge is 0.353 e. The van der Waals surface area contributed by atoms with Crippen LogP contribution >= 0.6 is 0 Å². The minimum absolute atomic E-state index is 0.0415. The van der Waals surface area contributed by atoms with E-state index in [2.05, 4.69) is 12.1 Å². The standard InChI is InChI=1S/C19H21NO4/c20-19(23,10-5-11-21)18(22)24-12-17-15-8-3-1-6-13(15)14-7-2-4-9-16(14)17/h1-4,6-9,17,21,23H,5,10-12,20H2. The van der Waals surface area contributed by atoms with E-state index in [4.69, 9.17) is 15.6 Å². The van der Waals surface area contributed by atoms with E-state index in [0.717, 1.165) is 22.3 Å². The normalized spacial score (nSPS) is 15.5. The predicted molar refractivity (Wildman–Crippen MR) is 90.1 cm³/mol. The van der Waals surface area contributed by atoms with Crippen LogP contribution in [0, 0.1) is 0 Å². The zero-order chi connectivity index (χ0) is 17.2. The molecule has 1 atom stereocenters. The average molecular weight is 327 g/mol. The number of esters is 1. The average Bonchev–Trinajstić information content (AvgIpc) is 2.92. The number of nitrogens with two attached hydrogens (primary N) is 1. The van der Waals surface area contributed by atoms with Crippen LogP contribution in [0.25, 0.3) is 11.1 Å². The first kappa shape index (κ1) is 16.6. The second-order valence-corrected chi connectivity index (χ2v) is 6.08. The van der Waals surface area contributed by atoms with E-state index in [1.807, 2.05) is 36.4 Å². The van der Waals surface area contributed by atoms with E-state index in [1.165, 1.54) is 0 Å². The van der Waals surface area contributed by atoms with Crippen molar-refractivity contribution in [2.24, 2.45) is 5.73 Å². The van der Waals surface area contributed by atoms with Gasteiger partial charge in [0.25, 0.3) is 0 Å². The summed E-state index contributed by atoms with van der Waals surface area (Å²) in [5.41, 5.74) is 7.99. The molecular weight excluding hydrogens is 306 g/mol. The van der Waals surface area contributed by atoms with Crippen molar-refractivity contribution in [1.82, 2.24) is 0 Å². The quantitative estimate of drug-likeness (QED) is 0.555. The van der Waals surface area contributed by atoms with Gasteiger partial charge in [-0.15, -0.1) is 0 Å². The molecule has 126 valence electrons. The number of fused-ring (bicyclic) bond motifs is 3. The summed E-state index contributed by atoms with van der Waals surface area (Å²) in [6.07, 6.45) is 0.192. The van der Waals surface area contributed by atoms with Crippen molar-refractivity contribution in [2.75, 3.05) is 13.2 Å². The van der Waals surface area contributed by atoms with Gasteiger partial charge in [-0.3, -0.25) is 5.73 Å². The molecular formula is C19H21NO4. The molecule has 2 aromatic carbocycles. The lowest BCUT2D eigenvalue weighted by atomic mass is 9.98. The maximum Gasteiger partial charge on any atom is 0.353 e. The maximum absolute atomic E-state index is 12.1. The van der Waals surface area contributed by atoms with Crippen molar-refractivity contribution in [3.63, 3.8) is 0 Å². The second-order valence-electron chi connectivity index (χ2n) is 6.08. The monoisotopic (exact) mass is 327 g/mol. The number of aliphatic hydroxyl groups excluding tert-OH is 1. The molecule has 0 fully saturated rings. The molecule has 0 heterocycles. The summed E-state index contributed by atoms with van der Waals surface area (Å²) in [6.45, 7) is -0.0261. The Bertz CT molecular complexity index is 696. The van der Waals surface area contributed by atoms with Crippen LogP contribution < -0.4 is 5.73 Å². The Morgan fingerprint density at radius 2 is 1.62 bits per heavy atom. The lowest BCUT2D eigenvalue weighted by Gasteiger charge is -2.22. The molecule has 1 aliphatic rings. The van der Waals surface area contributed by atoms with Gasteiger partial charge in [-0.25, -0.2) is 4.79 Å². The third kappa shape index (κ3) is 3.06. The number of carbonyl (C=O) groups excluding carboxylic acids is 1. The van der Waals surface area contributed by atoms with Crippen LogP contribution in [0.2, 0.25) is 0 Å². The number of aliphatic hydroxyl groups is 2. The molecule has 0 bridgehead atoms. The van der Waals surface area contributed by atoms with Crippen LogP contribution in [0.5, 0.6) is 0 Å². The first-order valence-electron chi connectivity index (χ1n) is 8.02. The van der Waals surface area contributed by atoms with Crippen molar-refractivity contribution in [1.29, 1.82) is 0 Å². The highest BCUT2D eigenvalue weighted by Gasteiger charge is 2.35. The highest BCUT2D eigenvalue weighted by atomic mass is 16.6. The van der Waals surface area contributed by atoms with Gasteiger partial charge in [-0.05, 0) is 28.7 Å². The van der Waals surface area contributed by atoms with E-state index >= 15 is 0 Å². The van der Waals surface area contributed by atoms with Crippen LogP contribution in [-0.2, 0) is 9.53 Å². The molecule has 3 rings (SSSR count). The van der Waals surface area contributed by atoms with Crippen LogP contribution in [-0.4, -0.2) is 35.1 Å². The molecule has 4 N–H and O–H groups in total. The summed E-state index contributed by atoms with van der Waals surface area (Å²) < 4.78 is 5.31. The Morgan fingerprint density at radius 3 is 2.17 bits per heavy atom. The lowest BCUT2D eigenvalue weighted by molar-refractivity contribution is -0.166. The van der Waals surface area contributed by atoms with Crippen molar-refractivity contribution in [3.05, 3.63) is 59.7 Å². The minimum atomic E-state index is -2.07. The molecule has 0 saturated carbocycles. The Balaban J connectivity index is 1.77. The summed E-state index contributed by atoms with van der Waals surface area (Å²) in [5, 5.41) is 18.8. The van der Waals surface area contributed by atoms with Crippen LogP contribution in [0.15, 0.2) is 48.5 Å². The Hall–Kier alpha value is -2.21. The van der Waals surface area contributed by atoms with Gasteiger partial charge >= 0.3 is 5.97 Å². The van der Waals surface area contributed by atoms with Gasteiger partial charge in [-0.1, -0.05) is 48.5 Å². The van der Waals surface area contributed by atoms with Crippen LogP contribution in [0.3, 0.4) is 0 Å². The molecule has 2 aromatic rings. The Labute approximate surface area is 140 Å². The van der Waals surface area contributed by atoms with Crippen molar-refractivity contribution in [2.45, 2.75) is 24.5 Å². The van der Waals surface area contributed by atoms with Crippen molar-refractivity contribution < 1.29 is 19.7 Å². The SMILES string of the molecule is NC(O)(CCCO)C(=O)OCC1c2ccccc2-c2ccccc21. The zero-order valence-corrected chi connectivity index (χ0v) is 13.3. The fourth-order valence-corrected chi connectivity index (χ4v) is 3.17. The molecule has 0 aromatic heterocycles. The Morgan fingerprint density at radius 1 is 1.08 bits per heavy atom. The Kier molecular flexibility index (Phi) is 4.66. The second kappa shape index (κ2) is 6.73. The number of hydrogen-bond acceptors (Lipinski definition) is 5. The van der Waals surface area contributed by atoms with E-state index in [1.54, 1.807) is 0 Å². The van der Waals surface area contributed by atoms with Gasteiger partial charge in [0.15, 0.2) is 0 Å². The predicted octanol–water partition coefficient (Wildman–Crippen LogP) is 1.76. The number of hydrogen-bond donors (Lipinski definition) is 3. The summed E-state index contributed by atoms with van der Waals surface area (Å²) in [6, 6.07) is 16.0. The number of ether oxygens (including phenoxy) is 1. The van der Waals surface area contributed by atoms with Gasteiger partial charge in [-0.2, -0.15) is 0 Å². The minimum Gasteiger partial charge on any atom is -0.462 e. The first-order valence-corrected chi connectivity index (χ1v) is 8.02. The van der Waals surface area contributed by atoms with Gasteiger partial charge in [0.1, 0.15) is 6.61 Å². The molecule has 0 radical (unpaired) electrons. The summed E-state index contributed by atoms with van der Waals surface area (Å²) >= 11 is 0. The van der Waals surface area contributed by atoms with Crippen molar-refractivity contribution >= 4 is 5.97 Å². The van der Waals surface area contributed by atoms with Crippen molar-refractivity contribution in [3.8, 4) is 11.1 Å². The number of carbonyl (C=O) groups is 1. The van der Waals surface area contributed by atoms with Gasteiger partial charge in [0.2, 0.25) is 5.72 Å². The highest BCUT2D eigenvalue weighted by molar-refractivity contribution is 5.80. The lowest BCUT2D eigenvalue weighted by Crippen LogP contribution is -2.49. The molecule has 24 heavy (non-hydrogen) atoms. The van der Waals surface area contributed by atoms with Crippen LogP contribution in [0.4, 0.5) is 0 Å². The van der Waals surface area contributed by atoms with Crippen LogP contribution in [0.1, 0.15) is 29.9 Å². The number of rotatable bonds is 6.